The number of hydrogen-bond acceptors (Lipinski definition) is 5. The molecule has 0 saturated carbocycles. The average molecular weight is 419 g/mol. The standard InChI is InChI=1S/C25H30N4O2/c1-4-20-24-19(12-25(2,3)13-22(24)30)28-18-9-5-6-10-21(18)29(20)16-23(31)27-15-17-8-7-11-26-14-17/h5-11,14,20,28H,4,12-13,15-16H2,1-3H3,(H,27,31). The maximum absolute atomic E-state index is 13.2. The van der Waals surface area contributed by atoms with E-state index in [9.17, 15) is 9.59 Å². The number of nitrogens with zero attached hydrogens (tertiary/aromatic N) is 2. The number of pyridine rings is 1. The number of Topliss-reactive ketones (excluding diaryl/α,β-unsaturated/α-hetero) is 1. The Morgan fingerprint density at radius 2 is 2.03 bits per heavy atom. The summed E-state index contributed by atoms with van der Waals surface area (Å²) in [5.74, 6) is 0.101. The first-order chi connectivity index (χ1) is 14.9. The normalized spacial score (nSPS) is 19.8. The van der Waals surface area contributed by atoms with Gasteiger partial charge in [-0.05, 0) is 42.0 Å². The molecule has 0 radical (unpaired) electrons. The maximum Gasteiger partial charge on any atom is 0.239 e. The molecule has 1 atom stereocenters. The number of allylic oxidation sites excluding steroid dienone is 1. The minimum Gasteiger partial charge on any atom is -0.357 e. The molecule has 0 bridgehead atoms. The van der Waals surface area contributed by atoms with Gasteiger partial charge in [-0.3, -0.25) is 14.6 Å². The Morgan fingerprint density at radius 3 is 2.77 bits per heavy atom. The molecule has 1 aliphatic carbocycles. The number of anilines is 2. The second-order valence-electron chi connectivity index (χ2n) is 9.17. The van der Waals surface area contributed by atoms with E-state index in [0.29, 0.717) is 13.0 Å². The van der Waals surface area contributed by atoms with Crippen molar-refractivity contribution in [3.63, 3.8) is 0 Å². The van der Waals surface area contributed by atoms with Crippen LogP contribution in [0.4, 0.5) is 11.4 Å². The van der Waals surface area contributed by atoms with Crippen molar-refractivity contribution in [2.45, 2.75) is 52.6 Å². The van der Waals surface area contributed by atoms with E-state index in [1.165, 1.54) is 0 Å². The summed E-state index contributed by atoms with van der Waals surface area (Å²) in [4.78, 5) is 32.3. The van der Waals surface area contributed by atoms with Crippen LogP contribution in [-0.4, -0.2) is 29.3 Å². The monoisotopic (exact) mass is 418 g/mol. The third-order valence-electron chi connectivity index (χ3n) is 6.04. The number of para-hydroxylation sites is 2. The molecule has 6 nitrogen and oxygen atoms in total. The van der Waals surface area contributed by atoms with Crippen molar-refractivity contribution in [2.75, 3.05) is 16.8 Å². The van der Waals surface area contributed by atoms with E-state index in [0.717, 1.165) is 41.1 Å². The van der Waals surface area contributed by atoms with Crippen molar-refractivity contribution in [1.29, 1.82) is 0 Å². The molecule has 1 unspecified atom stereocenters. The first-order valence-electron chi connectivity index (χ1n) is 10.9. The molecule has 1 amide bonds. The molecule has 6 heteroatoms. The Labute approximate surface area is 183 Å². The Bertz CT molecular complexity index is 1010. The molecule has 2 N–H and O–H groups in total. The molecule has 0 fully saturated rings. The Kier molecular flexibility index (Phi) is 5.81. The van der Waals surface area contributed by atoms with Gasteiger partial charge in [-0.25, -0.2) is 0 Å². The molecule has 0 saturated heterocycles. The van der Waals surface area contributed by atoms with Gasteiger partial charge in [-0.2, -0.15) is 0 Å². The molecular weight excluding hydrogens is 388 g/mol. The third-order valence-corrected chi connectivity index (χ3v) is 6.04. The van der Waals surface area contributed by atoms with Crippen LogP contribution < -0.4 is 15.5 Å². The lowest BCUT2D eigenvalue weighted by molar-refractivity contribution is -0.120. The second-order valence-corrected chi connectivity index (χ2v) is 9.17. The molecule has 1 aromatic carbocycles. The fourth-order valence-electron chi connectivity index (χ4n) is 4.68. The summed E-state index contributed by atoms with van der Waals surface area (Å²) >= 11 is 0. The molecule has 4 rings (SSSR count). The van der Waals surface area contributed by atoms with E-state index in [4.69, 9.17) is 0 Å². The van der Waals surface area contributed by atoms with E-state index < -0.39 is 0 Å². The van der Waals surface area contributed by atoms with Crippen molar-refractivity contribution < 1.29 is 9.59 Å². The van der Waals surface area contributed by atoms with Crippen LogP contribution in [0.1, 0.15) is 45.6 Å². The van der Waals surface area contributed by atoms with Crippen LogP contribution in [0.3, 0.4) is 0 Å². The third kappa shape index (κ3) is 4.48. The molecule has 31 heavy (non-hydrogen) atoms. The van der Waals surface area contributed by atoms with Crippen molar-refractivity contribution in [3.8, 4) is 0 Å². The Morgan fingerprint density at radius 1 is 1.23 bits per heavy atom. The molecule has 2 heterocycles. The summed E-state index contributed by atoms with van der Waals surface area (Å²) in [6.07, 6.45) is 5.56. The highest BCUT2D eigenvalue weighted by Crippen LogP contribution is 2.44. The number of amides is 1. The highest BCUT2D eigenvalue weighted by Gasteiger charge is 2.40. The van der Waals surface area contributed by atoms with Gasteiger partial charge in [0.05, 0.1) is 24.0 Å². The van der Waals surface area contributed by atoms with Gasteiger partial charge in [0.1, 0.15) is 0 Å². The number of aromatic nitrogens is 1. The van der Waals surface area contributed by atoms with Crippen molar-refractivity contribution >= 4 is 23.1 Å². The zero-order valence-electron chi connectivity index (χ0n) is 18.4. The first-order valence-corrected chi connectivity index (χ1v) is 10.9. The molecule has 1 aromatic heterocycles. The lowest BCUT2D eigenvalue weighted by Gasteiger charge is -2.37. The lowest BCUT2D eigenvalue weighted by Crippen LogP contribution is -2.46. The number of rotatable bonds is 5. The number of hydrogen-bond donors (Lipinski definition) is 2. The van der Waals surface area contributed by atoms with Crippen LogP contribution in [-0.2, 0) is 16.1 Å². The van der Waals surface area contributed by atoms with E-state index >= 15 is 0 Å². The van der Waals surface area contributed by atoms with Gasteiger partial charge in [0.25, 0.3) is 0 Å². The van der Waals surface area contributed by atoms with E-state index in [-0.39, 0.29) is 29.7 Å². The number of benzene rings is 1. The van der Waals surface area contributed by atoms with Crippen LogP contribution in [0.2, 0.25) is 0 Å². The second kappa shape index (κ2) is 8.53. The smallest absolute Gasteiger partial charge is 0.239 e. The molecule has 2 aromatic rings. The van der Waals surface area contributed by atoms with Crippen molar-refractivity contribution in [2.24, 2.45) is 5.41 Å². The number of ketones is 1. The summed E-state index contributed by atoms with van der Waals surface area (Å²) in [7, 11) is 0. The van der Waals surface area contributed by atoms with E-state index in [2.05, 4.69) is 41.3 Å². The summed E-state index contributed by atoms with van der Waals surface area (Å²) in [6, 6.07) is 11.7. The largest absolute Gasteiger partial charge is 0.357 e. The Hall–Kier alpha value is -3.15. The summed E-state index contributed by atoms with van der Waals surface area (Å²) in [6.45, 7) is 6.97. The molecule has 1 aliphatic heterocycles. The van der Waals surface area contributed by atoms with Crippen LogP contribution >= 0.6 is 0 Å². The fourth-order valence-corrected chi connectivity index (χ4v) is 4.68. The topological polar surface area (TPSA) is 74.3 Å². The summed E-state index contributed by atoms with van der Waals surface area (Å²) < 4.78 is 0. The highest BCUT2D eigenvalue weighted by molar-refractivity contribution is 6.01. The van der Waals surface area contributed by atoms with Gasteiger partial charge >= 0.3 is 0 Å². The quantitative estimate of drug-likeness (QED) is 0.766. The minimum absolute atomic E-state index is 0.0770. The van der Waals surface area contributed by atoms with Crippen LogP contribution in [0.25, 0.3) is 0 Å². The number of nitrogens with one attached hydrogen (secondary N) is 2. The lowest BCUT2D eigenvalue weighted by atomic mass is 9.74. The van der Waals surface area contributed by atoms with Gasteiger partial charge in [-0.15, -0.1) is 0 Å². The van der Waals surface area contributed by atoms with Gasteiger partial charge in [0, 0.05) is 36.6 Å². The zero-order chi connectivity index (χ0) is 22.0. The average Bonchev–Trinajstić information content (AvgIpc) is 2.86. The zero-order valence-corrected chi connectivity index (χ0v) is 18.4. The van der Waals surface area contributed by atoms with Gasteiger partial charge in [0.2, 0.25) is 5.91 Å². The van der Waals surface area contributed by atoms with E-state index in [1.54, 1.807) is 12.4 Å². The van der Waals surface area contributed by atoms with Crippen molar-refractivity contribution in [3.05, 3.63) is 65.6 Å². The van der Waals surface area contributed by atoms with Crippen LogP contribution in [0.15, 0.2) is 60.1 Å². The van der Waals surface area contributed by atoms with Crippen molar-refractivity contribution in [1.82, 2.24) is 10.3 Å². The van der Waals surface area contributed by atoms with E-state index in [1.807, 2.05) is 36.4 Å². The van der Waals surface area contributed by atoms with Gasteiger partial charge in [0.15, 0.2) is 5.78 Å². The SMILES string of the molecule is CCC1C2=C(CC(C)(C)CC2=O)Nc2ccccc2N1CC(=O)NCc1cccnc1. The number of carbonyl (C=O) groups excluding carboxylic acids is 2. The van der Waals surface area contributed by atoms with Crippen LogP contribution in [0, 0.1) is 5.41 Å². The molecular formula is C25H30N4O2. The molecule has 2 aliphatic rings. The highest BCUT2D eigenvalue weighted by atomic mass is 16.2. The minimum atomic E-state index is -0.140. The molecule has 162 valence electrons. The van der Waals surface area contributed by atoms with Gasteiger partial charge in [-0.1, -0.05) is 39.0 Å². The predicted molar refractivity (Wildman–Crippen MR) is 123 cm³/mol. The number of carbonyl (C=O) groups is 2. The summed E-state index contributed by atoms with van der Waals surface area (Å²) in [5.41, 5.74) is 4.60. The van der Waals surface area contributed by atoms with Gasteiger partial charge < -0.3 is 15.5 Å². The number of fused-ring (bicyclic) bond motifs is 1. The fraction of sp³-hybridized carbons (Fsp3) is 0.400. The Balaban J connectivity index is 1.64. The maximum atomic E-state index is 13.2. The summed E-state index contributed by atoms with van der Waals surface area (Å²) in [5, 5.41) is 6.55. The molecule has 0 spiro atoms. The van der Waals surface area contributed by atoms with Crippen LogP contribution in [0.5, 0.6) is 0 Å². The predicted octanol–water partition coefficient (Wildman–Crippen LogP) is 4.05. The first kappa shape index (κ1) is 21.1.